The fourth-order valence-electron chi connectivity index (χ4n) is 8.64. The van der Waals surface area contributed by atoms with E-state index in [4.69, 9.17) is 4.74 Å². The Balaban J connectivity index is 1.29. The average Bonchev–Trinajstić information content (AvgIpc) is 3.22. The van der Waals surface area contributed by atoms with Crippen molar-refractivity contribution in [2.24, 2.45) is 0 Å². The van der Waals surface area contributed by atoms with Gasteiger partial charge in [-0.3, -0.25) is 0 Å². The first-order chi connectivity index (χ1) is 25.3. The highest BCUT2D eigenvalue weighted by molar-refractivity contribution is 7.26. The minimum atomic E-state index is -2.90. The number of benzene rings is 8. The van der Waals surface area contributed by atoms with Gasteiger partial charge < -0.3 is 4.74 Å². The second-order valence-electron chi connectivity index (χ2n) is 13.6. The highest BCUT2D eigenvalue weighted by Crippen LogP contribution is 2.29. The Morgan fingerprint density at radius 2 is 0.804 bits per heavy atom. The predicted molar refractivity (Wildman–Crippen MR) is 218 cm³/mol. The molecule has 0 atom stereocenters. The van der Waals surface area contributed by atoms with E-state index >= 15 is 0 Å². The molecule has 3 heteroatoms. The molecule has 2 heterocycles. The third-order valence-electron chi connectivity index (χ3n) is 10.9. The second kappa shape index (κ2) is 12.0. The number of rotatable bonds is 5. The molecule has 0 saturated carbocycles. The molecule has 10 rings (SSSR count). The van der Waals surface area contributed by atoms with Gasteiger partial charge in [-0.1, -0.05) is 199 Å². The molecule has 0 spiro atoms. The van der Waals surface area contributed by atoms with Crippen molar-refractivity contribution < 1.29 is 4.74 Å². The number of hydrogen-bond acceptors (Lipinski definition) is 1. The molecule has 0 aliphatic carbocycles. The number of para-hydroxylation sites is 1. The molecule has 8 aromatic carbocycles. The highest BCUT2D eigenvalue weighted by Gasteiger charge is 2.44. The summed E-state index contributed by atoms with van der Waals surface area (Å²) in [6, 6.07) is 73.8. The smallest absolute Gasteiger partial charge is 0.244 e. The Morgan fingerprint density at radius 3 is 1.39 bits per heavy atom. The fraction of sp³-hybridized carbons (Fsp3) is 0. The molecule has 2 aliphatic heterocycles. The van der Waals surface area contributed by atoms with Crippen LogP contribution in [0, 0.1) is 0 Å². The van der Waals surface area contributed by atoms with Gasteiger partial charge in [0.05, 0.1) is 0 Å². The van der Waals surface area contributed by atoms with Gasteiger partial charge in [0.1, 0.15) is 11.5 Å². The summed E-state index contributed by atoms with van der Waals surface area (Å²) >= 11 is 0. The maximum absolute atomic E-state index is 6.80. The maximum Gasteiger partial charge on any atom is 0.244 e. The molecule has 0 aromatic heterocycles. The van der Waals surface area contributed by atoms with Gasteiger partial charge in [-0.2, -0.15) is 20.7 Å². The van der Waals surface area contributed by atoms with Crippen molar-refractivity contribution in [3.05, 3.63) is 200 Å². The Labute approximate surface area is 300 Å². The molecule has 2 aliphatic rings. The lowest BCUT2D eigenvalue weighted by molar-refractivity contribution is 0.488. The molecule has 0 bridgehead atoms. The second-order valence-corrected chi connectivity index (χ2v) is 17.3. The first kappa shape index (κ1) is 29.7. The van der Waals surface area contributed by atoms with Crippen molar-refractivity contribution in [3.8, 4) is 44.9 Å². The molecule has 1 nitrogen and oxygen atoms in total. The van der Waals surface area contributed by atoms with Crippen LogP contribution < -0.4 is 41.9 Å². The maximum atomic E-state index is 6.80. The Morgan fingerprint density at radius 1 is 0.333 bits per heavy atom. The zero-order chi connectivity index (χ0) is 33.8. The van der Waals surface area contributed by atoms with Crippen LogP contribution in [-0.4, -0.2) is 14.8 Å². The van der Waals surface area contributed by atoms with Crippen molar-refractivity contribution in [3.63, 3.8) is 0 Å². The van der Waals surface area contributed by atoms with E-state index in [2.05, 4.69) is 200 Å². The van der Waals surface area contributed by atoms with E-state index in [0.29, 0.717) is 0 Å². The van der Waals surface area contributed by atoms with Crippen molar-refractivity contribution in [2.75, 3.05) is 0 Å². The normalized spacial score (nSPS) is 13.4. The molecule has 239 valence electrons. The fourth-order valence-corrected chi connectivity index (χ4v) is 13.8. The summed E-state index contributed by atoms with van der Waals surface area (Å²) < 4.78 is 6.80. The number of ether oxygens (including phenoxy) is 1. The minimum absolute atomic E-state index is 0.0626. The lowest BCUT2D eigenvalue weighted by atomic mass is 9.35. The van der Waals surface area contributed by atoms with Gasteiger partial charge in [0.2, 0.25) is 6.71 Å². The number of hydrogen-bond donors (Lipinski definition) is 0. The summed E-state index contributed by atoms with van der Waals surface area (Å²) in [6.07, 6.45) is 0. The van der Waals surface area contributed by atoms with Gasteiger partial charge >= 0.3 is 0 Å². The third kappa shape index (κ3) is 4.70. The zero-order valence-electron chi connectivity index (χ0n) is 28.0. The predicted octanol–water partition coefficient (Wildman–Crippen LogP) is 7.00. The molecule has 0 saturated heterocycles. The van der Waals surface area contributed by atoms with E-state index in [-0.39, 0.29) is 6.71 Å². The van der Waals surface area contributed by atoms with Crippen LogP contribution in [0.25, 0.3) is 33.4 Å². The van der Waals surface area contributed by atoms with Gasteiger partial charge in [0.25, 0.3) is 0 Å². The summed E-state index contributed by atoms with van der Waals surface area (Å²) in [7, 11) is -2.90. The van der Waals surface area contributed by atoms with E-state index in [1.54, 1.807) is 0 Å². The summed E-state index contributed by atoms with van der Waals surface area (Å²) in [5, 5.41) is 5.58. The van der Waals surface area contributed by atoms with Crippen molar-refractivity contribution in [2.45, 2.75) is 0 Å². The van der Waals surface area contributed by atoms with Gasteiger partial charge in [-0.05, 0) is 59.1 Å². The lowest BCUT2D eigenvalue weighted by Gasteiger charge is -2.54. The quantitative estimate of drug-likeness (QED) is 0.180. The SMILES string of the molecule is c1ccc(-c2ccc([Si-]3(c4ccc(-c5ccccc5)cc4)c4ccc(-c5ccccc5)cc4B4c5ccccc5Oc5cccc3c54)cc2)cc1. The Kier molecular flexibility index (Phi) is 7.00. The van der Waals surface area contributed by atoms with Crippen molar-refractivity contribution in [1.82, 2.24) is 0 Å². The minimum Gasteiger partial charge on any atom is -0.459 e. The molecular weight excluding hydrogens is 631 g/mol. The van der Waals surface area contributed by atoms with Crippen LogP contribution in [0.15, 0.2) is 200 Å². The molecule has 0 unspecified atom stereocenters. The van der Waals surface area contributed by atoms with E-state index in [1.165, 1.54) is 70.5 Å². The summed E-state index contributed by atoms with van der Waals surface area (Å²) in [6.45, 7) is 0.0626. The largest absolute Gasteiger partial charge is 0.459 e. The van der Waals surface area contributed by atoms with Crippen LogP contribution in [0.1, 0.15) is 0 Å². The van der Waals surface area contributed by atoms with Crippen LogP contribution in [-0.2, 0) is 0 Å². The molecule has 0 fully saturated rings. The van der Waals surface area contributed by atoms with Crippen LogP contribution >= 0.6 is 0 Å². The van der Waals surface area contributed by atoms with Crippen LogP contribution in [0.2, 0.25) is 0 Å². The van der Waals surface area contributed by atoms with Crippen LogP contribution in [0.3, 0.4) is 0 Å². The summed E-state index contributed by atoms with van der Waals surface area (Å²) in [4.78, 5) is 0. The number of fused-ring (bicyclic) bond motifs is 4. The highest BCUT2D eigenvalue weighted by atomic mass is 28.3. The van der Waals surface area contributed by atoms with E-state index in [0.717, 1.165) is 11.5 Å². The van der Waals surface area contributed by atoms with E-state index in [1.807, 2.05) is 0 Å². The third-order valence-corrected chi connectivity index (χ3v) is 15.8. The molecule has 0 amide bonds. The van der Waals surface area contributed by atoms with Gasteiger partial charge in [0.15, 0.2) is 0 Å². The van der Waals surface area contributed by atoms with Gasteiger partial charge in [0, 0.05) is 0 Å². The molecule has 0 radical (unpaired) electrons. The Hall–Kier alpha value is -6.16. The molecular formula is C48H33BOSi-. The first-order valence-electron chi connectivity index (χ1n) is 17.7. The van der Waals surface area contributed by atoms with Crippen LogP contribution in [0.5, 0.6) is 11.5 Å². The lowest BCUT2D eigenvalue weighted by Crippen LogP contribution is -2.87. The Bertz CT molecular complexity index is 2450. The first-order valence-corrected chi connectivity index (χ1v) is 19.7. The van der Waals surface area contributed by atoms with Gasteiger partial charge in [-0.15, -0.1) is 0 Å². The zero-order valence-corrected chi connectivity index (χ0v) is 29.0. The standard InChI is InChI=1S/C48H33BOSi/c1-4-13-34(14-5-1)37-23-28-40(29-24-37)51(41-30-25-38(26-31-41)35-15-6-2-7-16-35)46-32-27-39(36-17-8-3-9-18-36)33-43(46)49-42-19-10-11-20-44(42)50-45-21-12-22-47(51)48(45)49/h1-33H/q-1. The molecule has 0 N–H and O–H groups in total. The summed E-state index contributed by atoms with van der Waals surface area (Å²) in [5.74, 6) is 1.91. The average molecular weight is 665 g/mol. The monoisotopic (exact) mass is 664 g/mol. The van der Waals surface area contributed by atoms with E-state index in [9.17, 15) is 0 Å². The van der Waals surface area contributed by atoms with Crippen LogP contribution in [0.4, 0.5) is 0 Å². The molecule has 51 heavy (non-hydrogen) atoms. The van der Waals surface area contributed by atoms with Crippen molar-refractivity contribution in [1.29, 1.82) is 0 Å². The van der Waals surface area contributed by atoms with E-state index < -0.39 is 8.07 Å². The summed E-state index contributed by atoms with van der Waals surface area (Å²) in [5.41, 5.74) is 11.3. The van der Waals surface area contributed by atoms with Gasteiger partial charge in [-0.25, -0.2) is 0 Å². The topological polar surface area (TPSA) is 9.23 Å². The molecule has 8 aromatic rings. The van der Waals surface area contributed by atoms with Crippen molar-refractivity contribution >= 4 is 51.9 Å².